The highest BCUT2D eigenvalue weighted by Gasteiger charge is 2.69. The van der Waals surface area contributed by atoms with E-state index in [-0.39, 0.29) is 50.7 Å². The van der Waals surface area contributed by atoms with Crippen molar-refractivity contribution in [2.75, 3.05) is 34.5 Å². The smallest absolute Gasteiger partial charge is 0.302 e. The second kappa shape index (κ2) is 10.1. The molecule has 228 valence electrons. The van der Waals surface area contributed by atoms with Gasteiger partial charge in [0.15, 0.2) is 0 Å². The lowest BCUT2D eigenvalue weighted by Gasteiger charge is -2.72. The predicted octanol–water partition coefficient (Wildman–Crippen LogP) is 7.62. The van der Waals surface area contributed by atoms with Gasteiger partial charge in [-0.3, -0.25) is 4.79 Å². The van der Waals surface area contributed by atoms with E-state index in [2.05, 4.69) is 47.6 Å². The fraction of sp³-hybridized carbons (Fsp3) is 0.914. The lowest BCUT2D eigenvalue weighted by atomic mass is 9.33. The van der Waals surface area contributed by atoms with Gasteiger partial charge in [0.1, 0.15) is 6.10 Å². The summed E-state index contributed by atoms with van der Waals surface area (Å²) in [6.07, 6.45) is 13.3. The number of ether oxygens (including phenoxy) is 4. The third kappa shape index (κ3) is 4.13. The molecule has 0 aromatic carbocycles. The molecule has 0 aromatic rings. The van der Waals surface area contributed by atoms with E-state index in [0.29, 0.717) is 24.4 Å². The second-order valence-electron chi connectivity index (χ2n) is 16.3. The Bertz CT molecular complexity index is 1020. The summed E-state index contributed by atoms with van der Waals surface area (Å²) in [6, 6.07) is 0. The van der Waals surface area contributed by atoms with E-state index in [0.717, 1.165) is 32.3 Å². The van der Waals surface area contributed by atoms with Crippen molar-refractivity contribution in [3.63, 3.8) is 0 Å². The third-order valence-electron chi connectivity index (χ3n) is 14.2. The monoisotopic (exact) mass is 558 g/mol. The Morgan fingerprint density at radius 2 is 1.52 bits per heavy atom. The number of carbonyl (C=O) groups is 1. The van der Waals surface area contributed by atoms with Gasteiger partial charge in [-0.2, -0.15) is 0 Å². The molecule has 4 saturated carbocycles. The zero-order valence-corrected chi connectivity index (χ0v) is 27.3. The van der Waals surface area contributed by atoms with Gasteiger partial charge in [0.05, 0.1) is 19.3 Å². The summed E-state index contributed by atoms with van der Waals surface area (Å²) in [5, 5.41) is 0. The van der Waals surface area contributed by atoms with Crippen LogP contribution in [-0.2, 0) is 23.7 Å². The zero-order valence-electron chi connectivity index (χ0n) is 27.3. The van der Waals surface area contributed by atoms with Crippen LogP contribution in [0.5, 0.6) is 0 Å². The maximum Gasteiger partial charge on any atom is 0.302 e. The van der Waals surface area contributed by atoms with Crippen molar-refractivity contribution in [3.05, 3.63) is 11.6 Å². The molecule has 5 rings (SSSR count). The maximum atomic E-state index is 12.1. The molecule has 5 aliphatic rings. The SMILES string of the molecule is COC[C@@]1(C)C[C@@H](OC)[C@]2(C)CC[C@]3(C)C(=CC[C@@H]4[C@@]5(C)CC[C@H](OC(C)=O)[C@](C)(COC)[C@@H]5CC[C@]43C)[C@@H]2C1. The molecule has 0 amide bonds. The minimum atomic E-state index is -0.165. The van der Waals surface area contributed by atoms with Crippen LogP contribution in [0.15, 0.2) is 11.6 Å². The first-order valence-electron chi connectivity index (χ1n) is 16.1. The highest BCUT2D eigenvalue weighted by molar-refractivity contribution is 5.66. The van der Waals surface area contributed by atoms with Crippen molar-refractivity contribution < 1.29 is 23.7 Å². The minimum Gasteiger partial charge on any atom is -0.462 e. The summed E-state index contributed by atoms with van der Waals surface area (Å²) >= 11 is 0. The topological polar surface area (TPSA) is 54.0 Å². The highest BCUT2D eigenvalue weighted by Crippen LogP contribution is 2.76. The molecule has 0 bridgehead atoms. The Morgan fingerprint density at radius 1 is 0.825 bits per heavy atom. The Hall–Kier alpha value is -0.910. The van der Waals surface area contributed by atoms with Crippen molar-refractivity contribution >= 4 is 5.97 Å². The Kier molecular flexibility index (Phi) is 7.70. The third-order valence-corrected chi connectivity index (χ3v) is 14.2. The normalized spacial score (nSPS) is 52.0. The number of hydrogen-bond donors (Lipinski definition) is 0. The molecule has 0 saturated heterocycles. The molecule has 0 radical (unpaired) electrons. The van der Waals surface area contributed by atoms with Crippen LogP contribution in [0, 0.1) is 50.2 Å². The first-order valence-corrected chi connectivity index (χ1v) is 16.1. The van der Waals surface area contributed by atoms with Crippen molar-refractivity contribution in [3.8, 4) is 0 Å². The van der Waals surface area contributed by atoms with Gasteiger partial charge in [-0.25, -0.2) is 0 Å². The van der Waals surface area contributed by atoms with E-state index in [1.807, 2.05) is 14.2 Å². The maximum absolute atomic E-state index is 12.1. The Balaban J connectivity index is 1.55. The van der Waals surface area contributed by atoms with Crippen LogP contribution in [0.3, 0.4) is 0 Å². The lowest BCUT2D eigenvalue weighted by Crippen LogP contribution is -2.66. The van der Waals surface area contributed by atoms with Gasteiger partial charge in [-0.05, 0) is 97.2 Å². The summed E-state index contributed by atoms with van der Waals surface area (Å²) in [7, 11) is 5.58. The van der Waals surface area contributed by atoms with Crippen LogP contribution in [0.4, 0.5) is 0 Å². The average molecular weight is 559 g/mol. The number of rotatable bonds is 6. The van der Waals surface area contributed by atoms with E-state index in [1.54, 1.807) is 19.6 Å². The van der Waals surface area contributed by atoms with Gasteiger partial charge in [0.25, 0.3) is 0 Å². The van der Waals surface area contributed by atoms with Crippen LogP contribution in [0.2, 0.25) is 0 Å². The standard InChI is InChI=1S/C35H58O5/c1-23(36)40-28-14-15-32(4)26(33(28,5)22-38-9)13-16-35(7)27(32)12-11-24-25-19-30(2,21-37-8)20-29(39-10)31(25,3)17-18-34(24,35)6/h11,25-29H,12-22H2,1-10H3/t25-,26+,27+,28-,29+,30+,31+,32-,33+,34+,35+/m0/s1. The van der Waals surface area contributed by atoms with Gasteiger partial charge in [0.2, 0.25) is 0 Å². The average Bonchev–Trinajstić information content (AvgIpc) is 2.87. The molecule has 4 fully saturated rings. The summed E-state index contributed by atoms with van der Waals surface area (Å²) in [6.45, 7) is 18.2. The quantitative estimate of drug-likeness (QED) is 0.248. The number of esters is 1. The highest BCUT2D eigenvalue weighted by atomic mass is 16.5. The molecule has 0 unspecified atom stereocenters. The van der Waals surface area contributed by atoms with Crippen molar-refractivity contribution in [2.45, 2.75) is 118 Å². The molecule has 0 spiro atoms. The lowest BCUT2D eigenvalue weighted by molar-refractivity contribution is -0.228. The Morgan fingerprint density at radius 3 is 2.15 bits per heavy atom. The van der Waals surface area contributed by atoms with Gasteiger partial charge < -0.3 is 18.9 Å². The van der Waals surface area contributed by atoms with Crippen LogP contribution < -0.4 is 0 Å². The number of methoxy groups -OCH3 is 3. The Labute approximate surface area is 244 Å². The fourth-order valence-corrected chi connectivity index (χ4v) is 12.0. The van der Waals surface area contributed by atoms with Crippen molar-refractivity contribution in [1.29, 1.82) is 0 Å². The molecular weight excluding hydrogens is 500 g/mol. The molecule has 0 aliphatic heterocycles. The number of allylic oxidation sites excluding steroid dienone is 2. The van der Waals surface area contributed by atoms with Gasteiger partial charge >= 0.3 is 5.97 Å². The fourth-order valence-electron chi connectivity index (χ4n) is 12.0. The molecule has 0 heterocycles. The first kappa shape index (κ1) is 30.5. The summed E-state index contributed by atoms with van der Waals surface area (Å²) in [5.74, 6) is 1.45. The molecule has 5 nitrogen and oxygen atoms in total. The molecule has 0 aromatic heterocycles. The number of carbonyl (C=O) groups excluding carboxylic acids is 1. The van der Waals surface area contributed by atoms with E-state index in [4.69, 9.17) is 18.9 Å². The summed E-state index contributed by atoms with van der Waals surface area (Å²) in [5.41, 5.74) is 2.50. The van der Waals surface area contributed by atoms with Crippen LogP contribution in [0.1, 0.15) is 106 Å². The first-order chi connectivity index (χ1) is 18.7. The molecular formula is C35H58O5. The van der Waals surface area contributed by atoms with E-state index in [9.17, 15) is 4.79 Å². The number of fused-ring (bicyclic) bond motifs is 7. The molecule has 11 atom stereocenters. The van der Waals surface area contributed by atoms with Gasteiger partial charge in [0, 0.05) is 39.1 Å². The van der Waals surface area contributed by atoms with Crippen molar-refractivity contribution in [2.24, 2.45) is 50.2 Å². The van der Waals surface area contributed by atoms with E-state index < -0.39 is 0 Å². The van der Waals surface area contributed by atoms with Crippen LogP contribution in [0.25, 0.3) is 0 Å². The molecule has 40 heavy (non-hydrogen) atoms. The second-order valence-corrected chi connectivity index (χ2v) is 16.3. The molecule has 0 N–H and O–H groups in total. The largest absolute Gasteiger partial charge is 0.462 e. The van der Waals surface area contributed by atoms with Gasteiger partial charge in [-0.1, -0.05) is 53.2 Å². The zero-order chi connectivity index (χ0) is 29.4. The minimum absolute atomic E-state index is 0.0697. The number of hydrogen-bond acceptors (Lipinski definition) is 5. The predicted molar refractivity (Wildman–Crippen MR) is 159 cm³/mol. The van der Waals surface area contributed by atoms with Crippen LogP contribution in [-0.4, -0.2) is 52.7 Å². The molecule has 5 aliphatic carbocycles. The van der Waals surface area contributed by atoms with Gasteiger partial charge in [-0.15, -0.1) is 0 Å². The summed E-state index contributed by atoms with van der Waals surface area (Å²) in [4.78, 5) is 12.1. The van der Waals surface area contributed by atoms with Crippen LogP contribution >= 0.6 is 0 Å². The van der Waals surface area contributed by atoms with E-state index >= 15 is 0 Å². The van der Waals surface area contributed by atoms with Crippen molar-refractivity contribution in [1.82, 2.24) is 0 Å². The molecule has 5 heteroatoms. The van der Waals surface area contributed by atoms with E-state index in [1.165, 1.54) is 32.1 Å². The summed E-state index contributed by atoms with van der Waals surface area (Å²) < 4.78 is 23.9.